The summed E-state index contributed by atoms with van der Waals surface area (Å²) in [6, 6.07) is 6.84. The molecule has 0 aliphatic carbocycles. The highest BCUT2D eigenvalue weighted by Crippen LogP contribution is 2.04. The standard InChI is InChI=1S/C13H18N2O3S/c1-17-8-9-18-7-6-15-13(16)11-4-2-10(3-5-11)12(14)19/h2-5H,6-9H2,1H3,(H2,14,19)(H,15,16). The minimum Gasteiger partial charge on any atom is -0.389 e. The summed E-state index contributed by atoms with van der Waals surface area (Å²) in [5.41, 5.74) is 6.79. The van der Waals surface area contributed by atoms with Gasteiger partial charge >= 0.3 is 0 Å². The molecule has 1 aromatic rings. The molecule has 0 atom stereocenters. The average molecular weight is 282 g/mol. The molecule has 0 fully saturated rings. The Hall–Kier alpha value is -1.50. The molecule has 0 saturated carbocycles. The van der Waals surface area contributed by atoms with Gasteiger partial charge in [0, 0.05) is 24.8 Å². The average Bonchev–Trinajstić information content (AvgIpc) is 2.42. The van der Waals surface area contributed by atoms with Crippen LogP contribution in [0.4, 0.5) is 0 Å². The van der Waals surface area contributed by atoms with Crippen molar-refractivity contribution >= 4 is 23.1 Å². The number of carbonyl (C=O) groups is 1. The lowest BCUT2D eigenvalue weighted by Crippen LogP contribution is -2.27. The van der Waals surface area contributed by atoms with E-state index in [1.54, 1.807) is 31.4 Å². The lowest BCUT2D eigenvalue weighted by Gasteiger charge is -2.06. The van der Waals surface area contributed by atoms with Crippen LogP contribution in [0.15, 0.2) is 24.3 Å². The zero-order valence-electron chi connectivity index (χ0n) is 10.8. The number of hydrogen-bond donors (Lipinski definition) is 2. The van der Waals surface area contributed by atoms with Crippen molar-refractivity contribution in [2.75, 3.05) is 33.5 Å². The highest BCUT2D eigenvalue weighted by atomic mass is 32.1. The summed E-state index contributed by atoms with van der Waals surface area (Å²) in [6.07, 6.45) is 0. The number of carbonyl (C=O) groups excluding carboxylic acids is 1. The summed E-state index contributed by atoms with van der Waals surface area (Å²) in [6.45, 7) is 1.99. The van der Waals surface area contributed by atoms with Crippen LogP contribution in [0.3, 0.4) is 0 Å². The van der Waals surface area contributed by atoms with Gasteiger partial charge < -0.3 is 20.5 Å². The molecule has 6 heteroatoms. The van der Waals surface area contributed by atoms with Crippen molar-refractivity contribution in [1.82, 2.24) is 5.32 Å². The van der Waals surface area contributed by atoms with Gasteiger partial charge in [0.15, 0.2) is 0 Å². The lowest BCUT2D eigenvalue weighted by atomic mass is 10.1. The van der Waals surface area contributed by atoms with Crippen LogP contribution in [0.1, 0.15) is 15.9 Å². The van der Waals surface area contributed by atoms with Gasteiger partial charge in [-0.05, 0) is 12.1 Å². The molecule has 5 nitrogen and oxygen atoms in total. The van der Waals surface area contributed by atoms with Gasteiger partial charge in [-0.1, -0.05) is 24.4 Å². The van der Waals surface area contributed by atoms with E-state index in [2.05, 4.69) is 5.32 Å². The molecule has 1 rings (SSSR count). The highest BCUT2D eigenvalue weighted by Gasteiger charge is 2.05. The van der Waals surface area contributed by atoms with E-state index in [1.807, 2.05) is 0 Å². The second kappa shape index (κ2) is 8.58. The Kier molecular flexibility index (Phi) is 7.02. The van der Waals surface area contributed by atoms with Crippen LogP contribution in [0, 0.1) is 0 Å². The van der Waals surface area contributed by atoms with Gasteiger partial charge in [0.1, 0.15) is 4.99 Å². The second-order valence-electron chi connectivity index (χ2n) is 3.80. The molecule has 0 bridgehead atoms. The maximum Gasteiger partial charge on any atom is 0.251 e. The van der Waals surface area contributed by atoms with Gasteiger partial charge in [0.05, 0.1) is 19.8 Å². The Bertz CT molecular complexity index is 420. The Morgan fingerprint density at radius 2 is 1.84 bits per heavy atom. The molecule has 3 N–H and O–H groups in total. The monoisotopic (exact) mass is 282 g/mol. The molecular formula is C13H18N2O3S. The third-order valence-corrected chi connectivity index (χ3v) is 2.63. The molecule has 1 aromatic carbocycles. The first-order chi connectivity index (χ1) is 9.15. The number of amides is 1. The summed E-state index contributed by atoms with van der Waals surface area (Å²) < 4.78 is 10.1. The van der Waals surface area contributed by atoms with E-state index >= 15 is 0 Å². The summed E-state index contributed by atoms with van der Waals surface area (Å²) in [5.74, 6) is -0.148. The van der Waals surface area contributed by atoms with E-state index in [0.29, 0.717) is 36.9 Å². The molecular weight excluding hydrogens is 264 g/mol. The molecule has 0 unspecified atom stereocenters. The maximum absolute atomic E-state index is 11.8. The first-order valence-corrected chi connectivity index (χ1v) is 6.30. The van der Waals surface area contributed by atoms with Crippen LogP contribution < -0.4 is 11.1 Å². The summed E-state index contributed by atoms with van der Waals surface area (Å²) >= 11 is 4.84. The number of rotatable bonds is 8. The minimum absolute atomic E-state index is 0.148. The van der Waals surface area contributed by atoms with E-state index in [-0.39, 0.29) is 5.91 Å². The van der Waals surface area contributed by atoms with Crippen molar-refractivity contribution in [2.45, 2.75) is 0 Å². The zero-order valence-corrected chi connectivity index (χ0v) is 11.7. The maximum atomic E-state index is 11.8. The van der Waals surface area contributed by atoms with Crippen LogP contribution in [-0.4, -0.2) is 44.4 Å². The normalized spacial score (nSPS) is 10.2. The fraction of sp³-hybridized carbons (Fsp3) is 0.385. The molecule has 0 spiro atoms. The first kappa shape index (κ1) is 15.6. The predicted octanol–water partition coefficient (Wildman–Crippen LogP) is 0.714. The van der Waals surface area contributed by atoms with Gasteiger partial charge in [0.2, 0.25) is 0 Å². The number of benzene rings is 1. The van der Waals surface area contributed by atoms with Gasteiger partial charge in [-0.25, -0.2) is 0 Å². The van der Waals surface area contributed by atoms with Crippen molar-refractivity contribution in [3.8, 4) is 0 Å². The van der Waals surface area contributed by atoms with E-state index in [9.17, 15) is 4.79 Å². The van der Waals surface area contributed by atoms with Crippen molar-refractivity contribution in [2.24, 2.45) is 5.73 Å². The topological polar surface area (TPSA) is 73.6 Å². The van der Waals surface area contributed by atoms with Crippen molar-refractivity contribution in [3.05, 3.63) is 35.4 Å². The predicted molar refractivity (Wildman–Crippen MR) is 77.4 cm³/mol. The first-order valence-electron chi connectivity index (χ1n) is 5.90. The van der Waals surface area contributed by atoms with Gasteiger partial charge in [0.25, 0.3) is 5.91 Å². The fourth-order valence-electron chi connectivity index (χ4n) is 1.37. The van der Waals surface area contributed by atoms with Crippen molar-refractivity contribution in [1.29, 1.82) is 0 Å². The second-order valence-corrected chi connectivity index (χ2v) is 4.24. The van der Waals surface area contributed by atoms with Crippen molar-refractivity contribution < 1.29 is 14.3 Å². The largest absolute Gasteiger partial charge is 0.389 e. The number of ether oxygens (including phenoxy) is 2. The fourth-order valence-corrected chi connectivity index (χ4v) is 1.51. The Morgan fingerprint density at radius 1 is 1.21 bits per heavy atom. The lowest BCUT2D eigenvalue weighted by molar-refractivity contribution is 0.0692. The number of methoxy groups -OCH3 is 1. The van der Waals surface area contributed by atoms with E-state index in [1.165, 1.54) is 0 Å². The molecule has 0 aliphatic heterocycles. The van der Waals surface area contributed by atoms with Crippen LogP contribution in [0.25, 0.3) is 0 Å². The zero-order chi connectivity index (χ0) is 14.1. The van der Waals surface area contributed by atoms with E-state index < -0.39 is 0 Å². The van der Waals surface area contributed by atoms with Crippen LogP contribution in [0.5, 0.6) is 0 Å². The van der Waals surface area contributed by atoms with Crippen LogP contribution in [-0.2, 0) is 9.47 Å². The summed E-state index contributed by atoms with van der Waals surface area (Å²) in [5, 5.41) is 2.76. The number of nitrogens with one attached hydrogen (secondary N) is 1. The van der Waals surface area contributed by atoms with E-state index in [4.69, 9.17) is 27.4 Å². The molecule has 1 amide bonds. The third kappa shape index (κ3) is 5.78. The Labute approximate surface area is 118 Å². The van der Waals surface area contributed by atoms with Crippen molar-refractivity contribution in [3.63, 3.8) is 0 Å². The van der Waals surface area contributed by atoms with Gasteiger partial charge in [-0.2, -0.15) is 0 Å². The van der Waals surface area contributed by atoms with Crippen LogP contribution >= 0.6 is 12.2 Å². The molecule has 0 aromatic heterocycles. The SMILES string of the molecule is COCCOCCNC(=O)c1ccc(C(N)=S)cc1. The molecule has 0 heterocycles. The summed E-state index contributed by atoms with van der Waals surface area (Å²) in [7, 11) is 1.61. The number of thiocarbonyl (C=S) groups is 1. The molecule has 0 radical (unpaired) electrons. The Balaban J connectivity index is 2.31. The third-order valence-electron chi connectivity index (χ3n) is 2.40. The number of hydrogen-bond acceptors (Lipinski definition) is 4. The molecule has 0 saturated heterocycles. The minimum atomic E-state index is -0.148. The van der Waals surface area contributed by atoms with Gasteiger partial charge in [-0.15, -0.1) is 0 Å². The smallest absolute Gasteiger partial charge is 0.251 e. The quantitative estimate of drug-likeness (QED) is 0.543. The van der Waals surface area contributed by atoms with Gasteiger partial charge in [-0.3, -0.25) is 4.79 Å². The summed E-state index contributed by atoms with van der Waals surface area (Å²) in [4.78, 5) is 12.1. The number of nitrogens with two attached hydrogens (primary N) is 1. The van der Waals surface area contributed by atoms with E-state index in [0.717, 1.165) is 5.56 Å². The molecule has 19 heavy (non-hydrogen) atoms. The van der Waals surface area contributed by atoms with Crippen LogP contribution in [0.2, 0.25) is 0 Å². The Morgan fingerprint density at radius 3 is 2.42 bits per heavy atom. The molecule has 0 aliphatic rings. The molecule has 104 valence electrons. The highest BCUT2D eigenvalue weighted by molar-refractivity contribution is 7.80.